The molecule has 0 unspecified atom stereocenters. The predicted molar refractivity (Wildman–Crippen MR) is 265 cm³/mol. The molecule has 12 rings (SSSR count). The molecule has 1 aliphatic carbocycles. The molecule has 3 nitrogen and oxygen atoms in total. The Bertz CT molecular complexity index is 3290. The molecular weight excluding hydrogens is 789 g/mol. The molecule has 1 aromatic heterocycles. The summed E-state index contributed by atoms with van der Waals surface area (Å²) in [7, 11) is 0. The molecule has 65 heavy (non-hydrogen) atoms. The maximum Gasteiger partial charge on any atom is 0.160 e. The van der Waals surface area contributed by atoms with Crippen molar-refractivity contribution in [1.29, 1.82) is 0 Å². The molecule has 9 aromatic carbocycles. The van der Waals surface area contributed by atoms with E-state index in [0.29, 0.717) is 5.82 Å². The number of rotatable bonds is 6. The molecule has 1 aliphatic heterocycles. The van der Waals surface area contributed by atoms with Gasteiger partial charge in [0.05, 0.1) is 16.8 Å². The van der Waals surface area contributed by atoms with Gasteiger partial charge in [0, 0.05) is 38.8 Å². The lowest BCUT2D eigenvalue weighted by atomic mass is 9.53. The summed E-state index contributed by atoms with van der Waals surface area (Å²) >= 11 is 0. The summed E-state index contributed by atoms with van der Waals surface area (Å²) < 4.78 is 7.14. The topological polar surface area (TPSA) is 35.0 Å². The van der Waals surface area contributed by atoms with E-state index < -0.39 is 5.41 Å². The molecule has 10 aromatic rings. The number of para-hydroxylation sites is 2. The zero-order valence-corrected chi connectivity index (χ0v) is 36.2. The molecule has 3 heteroatoms. The summed E-state index contributed by atoms with van der Waals surface area (Å²) in [5.74, 6) is 2.38. The second-order valence-electron chi connectivity index (χ2n) is 17.7. The van der Waals surface area contributed by atoms with Crippen LogP contribution in [-0.4, -0.2) is 9.97 Å². The fourth-order valence-electron chi connectivity index (χ4n) is 10.5. The lowest BCUT2D eigenvalue weighted by Gasteiger charge is -2.50. The van der Waals surface area contributed by atoms with E-state index in [2.05, 4.69) is 244 Å². The highest BCUT2D eigenvalue weighted by atomic mass is 16.5. The van der Waals surface area contributed by atoms with Crippen molar-refractivity contribution in [2.75, 3.05) is 0 Å². The molecular formula is C62H44N2O. The zero-order chi connectivity index (χ0) is 43.5. The molecule has 2 aliphatic rings. The Labute approximate surface area is 380 Å². The first-order valence-electron chi connectivity index (χ1n) is 22.4. The van der Waals surface area contributed by atoms with E-state index in [1.54, 1.807) is 0 Å². The van der Waals surface area contributed by atoms with E-state index in [9.17, 15) is 0 Å². The minimum absolute atomic E-state index is 0.198. The van der Waals surface area contributed by atoms with E-state index in [1.807, 2.05) is 0 Å². The number of hydrogen-bond acceptors (Lipinski definition) is 3. The smallest absolute Gasteiger partial charge is 0.160 e. The van der Waals surface area contributed by atoms with E-state index >= 15 is 0 Å². The van der Waals surface area contributed by atoms with Crippen molar-refractivity contribution in [3.63, 3.8) is 0 Å². The molecule has 0 radical (unpaired) electrons. The minimum Gasteiger partial charge on any atom is -0.456 e. The van der Waals surface area contributed by atoms with Crippen LogP contribution in [-0.2, 0) is 10.8 Å². The number of benzene rings is 9. The van der Waals surface area contributed by atoms with E-state index in [4.69, 9.17) is 14.7 Å². The van der Waals surface area contributed by atoms with Crippen LogP contribution in [0.1, 0.15) is 47.2 Å². The van der Waals surface area contributed by atoms with Gasteiger partial charge in [-0.15, -0.1) is 0 Å². The number of hydrogen-bond donors (Lipinski definition) is 0. The number of nitrogens with zero attached hydrogens (tertiary/aromatic N) is 2. The fourth-order valence-corrected chi connectivity index (χ4v) is 10.5. The number of fused-ring (bicyclic) bond motifs is 8. The van der Waals surface area contributed by atoms with Gasteiger partial charge in [-0.1, -0.05) is 214 Å². The largest absolute Gasteiger partial charge is 0.456 e. The fraction of sp³-hybridized carbons (Fsp3) is 0.0645. The first-order chi connectivity index (χ1) is 32.0. The van der Waals surface area contributed by atoms with Crippen LogP contribution in [0.2, 0.25) is 0 Å². The third-order valence-corrected chi connectivity index (χ3v) is 13.6. The molecule has 1 spiro atoms. The Hall–Kier alpha value is -8.14. The molecule has 0 fully saturated rings. The van der Waals surface area contributed by atoms with Crippen LogP contribution in [0.15, 0.2) is 231 Å². The van der Waals surface area contributed by atoms with Crippen LogP contribution in [0.25, 0.3) is 67.3 Å². The Balaban J connectivity index is 1.04. The van der Waals surface area contributed by atoms with Crippen molar-refractivity contribution in [1.82, 2.24) is 9.97 Å². The lowest BCUT2D eigenvalue weighted by Crippen LogP contribution is -2.43. The second kappa shape index (κ2) is 15.3. The average Bonchev–Trinajstić information content (AvgIpc) is 3.38. The summed E-state index contributed by atoms with van der Waals surface area (Å²) in [6, 6.07) is 82.4. The van der Waals surface area contributed by atoms with Crippen LogP contribution in [0.3, 0.4) is 0 Å². The van der Waals surface area contributed by atoms with Crippen LogP contribution in [0, 0.1) is 0 Å². The predicted octanol–water partition coefficient (Wildman–Crippen LogP) is 15.6. The van der Waals surface area contributed by atoms with Gasteiger partial charge in [-0.25, -0.2) is 9.97 Å². The van der Waals surface area contributed by atoms with Crippen molar-refractivity contribution in [2.24, 2.45) is 0 Å². The minimum atomic E-state index is -0.602. The normalized spacial score (nSPS) is 13.8. The van der Waals surface area contributed by atoms with Crippen LogP contribution < -0.4 is 4.74 Å². The standard InChI is InChI=1S/C62H44N2O/c1-61(2)50-30-9-11-32-52(50)62(53-33-12-10-31-51(53)61)54-34-13-14-36-58(54)65-59-49(29-18-35-55(59)62)45-25-17-28-48(39-45)60-63-56(46-26-15-23-43(37-46)41-19-5-3-6-20-41)40-57(64-60)47-27-16-24-44(38-47)42-21-7-4-8-22-42/h3-40H,1-2H3. The van der Waals surface area contributed by atoms with Crippen molar-refractivity contribution in [2.45, 2.75) is 24.7 Å². The van der Waals surface area contributed by atoms with E-state index in [1.165, 1.54) is 22.3 Å². The lowest BCUT2D eigenvalue weighted by molar-refractivity contribution is 0.427. The highest BCUT2D eigenvalue weighted by molar-refractivity contribution is 5.84. The Morgan fingerprint density at radius 2 is 0.738 bits per heavy atom. The number of aromatic nitrogens is 2. The van der Waals surface area contributed by atoms with E-state index in [0.717, 1.165) is 84.1 Å². The third-order valence-electron chi connectivity index (χ3n) is 13.6. The third kappa shape index (κ3) is 6.26. The Morgan fingerprint density at radius 3 is 1.32 bits per heavy atom. The van der Waals surface area contributed by atoms with Crippen molar-refractivity contribution >= 4 is 0 Å². The summed E-state index contributed by atoms with van der Waals surface area (Å²) in [6.07, 6.45) is 0. The highest BCUT2D eigenvalue weighted by Crippen LogP contribution is 2.62. The van der Waals surface area contributed by atoms with Gasteiger partial charge in [0.25, 0.3) is 0 Å². The molecule has 0 amide bonds. The van der Waals surface area contributed by atoms with Gasteiger partial charge < -0.3 is 4.74 Å². The Kier molecular flexibility index (Phi) is 9.06. The van der Waals surface area contributed by atoms with Gasteiger partial charge in [0.2, 0.25) is 0 Å². The van der Waals surface area contributed by atoms with Crippen molar-refractivity contribution in [3.05, 3.63) is 264 Å². The SMILES string of the molecule is CC1(C)c2ccccc2C2(c3ccccc3Oc3c(-c4cccc(-c5nc(-c6cccc(-c7ccccc7)c6)cc(-c6cccc(-c7ccccc7)c6)n5)c4)cccc32)c2ccccc21. The van der Waals surface area contributed by atoms with Crippen molar-refractivity contribution < 1.29 is 4.74 Å². The number of ether oxygens (including phenoxy) is 1. The highest BCUT2D eigenvalue weighted by Gasteiger charge is 2.53. The molecule has 0 saturated heterocycles. The Morgan fingerprint density at radius 1 is 0.323 bits per heavy atom. The monoisotopic (exact) mass is 832 g/mol. The van der Waals surface area contributed by atoms with Gasteiger partial charge >= 0.3 is 0 Å². The summed E-state index contributed by atoms with van der Waals surface area (Å²) in [5, 5.41) is 0. The maximum absolute atomic E-state index is 7.14. The van der Waals surface area contributed by atoms with Crippen LogP contribution in [0.5, 0.6) is 11.5 Å². The van der Waals surface area contributed by atoms with Gasteiger partial charge in [-0.2, -0.15) is 0 Å². The second-order valence-corrected chi connectivity index (χ2v) is 17.7. The quantitative estimate of drug-likeness (QED) is 0.167. The molecule has 308 valence electrons. The maximum atomic E-state index is 7.14. The molecule has 0 saturated carbocycles. The molecule has 0 atom stereocenters. The first kappa shape index (κ1) is 38.5. The molecule has 0 N–H and O–H groups in total. The molecule has 2 heterocycles. The van der Waals surface area contributed by atoms with Gasteiger partial charge in [-0.3, -0.25) is 0 Å². The van der Waals surface area contributed by atoms with Gasteiger partial charge in [-0.05, 0) is 80.4 Å². The van der Waals surface area contributed by atoms with Crippen molar-refractivity contribution in [3.8, 4) is 78.8 Å². The zero-order valence-electron chi connectivity index (χ0n) is 36.2. The van der Waals surface area contributed by atoms with Gasteiger partial charge in [0.15, 0.2) is 5.82 Å². The first-order valence-corrected chi connectivity index (χ1v) is 22.4. The van der Waals surface area contributed by atoms with E-state index in [-0.39, 0.29) is 5.41 Å². The molecule has 0 bridgehead atoms. The van der Waals surface area contributed by atoms with Gasteiger partial charge in [0.1, 0.15) is 11.5 Å². The average molecular weight is 833 g/mol. The van der Waals surface area contributed by atoms with Crippen LogP contribution >= 0.6 is 0 Å². The van der Waals surface area contributed by atoms with Crippen LogP contribution in [0.4, 0.5) is 0 Å². The summed E-state index contributed by atoms with van der Waals surface area (Å²) in [5.41, 5.74) is 18.0. The summed E-state index contributed by atoms with van der Waals surface area (Å²) in [4.78, 5) is 10.7. The summed E-state index contributed by atoms with van der Waals surface area (Å²) in [6.45, 7) is 4.71.